The van der Waals surface area contributed by atoms with Gasteiger partial charge in [0, 0.05) is 17.4 Å². The molecule has 2 aromatic carbocycles. The average molecular weight is 365 g/mol. The third-order valence-electron chi connectivity index (χ3n) is 3.78. The number of hydrogen-bond acceptors (Lipinski definition) is 4. The molecule has 26 heavy (non-hydrogen) atoms. The summed E-state index contributed by atoms with van der Waals surface area (Å²) in [6, 6.07) is 17.1. The molecule has 0 aliphatic carbocycles. The number of rotatable bonds is 7. The molecule has 3 aromatic rings. The minimum Gasteiger partial charge on any atom is -0.478 e. The van der Waals surface area contributed by atoms with E-state index >= 15 is 0 Å². The van der Waals surface area contributed by atoms with E-state index in [1.54, 1.807) is 23.5 Å². The van der Waals surface area contributed by atoms with Crippen molar-refractivity contribution in [2.45, 2.75) is 19.4 Å². The van der Waals surface area contributed by atoms with Gasteiger partial charge in [-0.1, -0.05) is 42.5 Å². The highest BCUT2D eigenvalue weighted by atomic mass is 32.1. The zero-order valence-corrected chi connectivity index (χ0v) is 15.1. The van der Waals surface area contributed by atoms with Crippen LogP contribution in [0.15, 0.2) is 66.1 Å². The van der Waals surface area contributed by atoms with Gasteiger partial charge in [0.1, 0.15) is 5.75 Å². The molecule has 1 N–H and O–H groups in total. The van der Waals surface area contributed by atoms with Crippen LogP contribution in [-0.4, -0.2) is 22.2 Å². The first-order valence-electron chi connectivity index (χ1n) is 8.25. The summed E-state index contributed by atoms with van der Waals surface area (Å²) in [5, 5.41) is 12.4. The Morgan fingerprint density at radius 2 is 1.92 bits per heavy atom. The van der Waals surface area contributed by atoms with Gasteiger partial charge in [0.2, 0.25) is 0 Å². The van der Waals surface area contributed by atoms with Crippen molar-refractivity contribution in [1.29, 1.82) is 0 Å². The summed E-state index contributed by atoms with van der Waals surface area (Å²) in [4.78, 5) is 15.9. The van der Waals surface area contributed by atoms with Gasteiger partial charge in [-0.3, -0.25) is 0 Å². The third-order valence-corrected chi connectivity index (χ3v) is 4.56. The number of carboxylic acids is 1. The summed E-state index contributed by atoms with van der Waals surface area (Å²) in [6.07, 6.45) is 3.08. The van der Waals surface area contributed by atoms with Crippen LogP contribution < -0.4 is 4.74 Å². The summed E-state index contributed by atoms with van der Waals surface area (Å²) in [5.41, 5.74) is 2.93. The van der Waals surface area contributed by atoms with Gasteiger partial charge in [-0.15, -0.1) is 11.3 Å². The Bertz CT molecular complexity index is 885. The molecule has 0 amide bonds. The van der Waals surface area contributed by atoms with Crippen LogP contribution in [0.25, 0.3) is 17.3 Å². The van der Waals surface area contributed by atoms with Crippen LogP contribution in [-0.2, 0) is 4.79 Å². The van der Waals surface area contributed by atoms with Gasteiger partial charge in [0.25, 0.3) is 0 Å². The Balaban J connectivity index is 1.64. The lowest BCUT2D eigenvalue weighted by molar-refractivity contribution is -0.144. The molecule has 4 nitrogen and oxygen atoms in total. The highest BCUT2D eigenvalue weighted by molar-refractivity contribution is 7.09. The van der Waals surface area contributed by atoms with Crippen molar-refractivity contribution >= 4 is 23.4 Å². The van der Waals surface area contributed by atoms with E-state index in [1.807, 2.05) is 66.9 Å². The monoisotopic (exact) mass is 365 g/mol. The third kappa shape index (κ3) is 4.80. The van der Waals surface area contributed by atoms with Crippen LogP contribution in [0.3, 0.4) is 0 Å². The standard InChI is InChI=1S/C21H19NO3S/c1-15-22-19(14-26-15)17-10-12-18(13-11-17)25-20(21(23)24)9-5-8-16-6-3-2-4-7-16/h2-8,10-14,20H,9H2,1H3,(H,23,24)/b8-5+. The van der Waals surface area contributed by atoms with Gasteiger partial charge in [0.15, 0.2) is 6.10 Å². The minimum absolute atomic E-state index is 0.289. The first kappa shape index (κ1) is 17.9. The molecule has 0 aliphatic heterocycles. The number of thiazole rings is 1. The number of carbonyl (C=O) groups is 1. The Morgan fingerprint density at radius 1 is 1.19 bits per heavy atom. The Kier molecular flexibility index (Phi) is 5.81. The van der Waals surface area contributed by atoms with E-state index in [0.717, 1.165) is 21.8 Å². The topological polar surface area (TPSA) is 59.4 Å². The van der Waals surface area contributed by atoms with Crippen molar-refractivity contribution in [3.8, 4) is 17.0 Å². The lowest BCUT2D eigenvalue weighted by atomic mass is 10.1. The maximum Gasteiger partial charge on any atom is 0.345 e. The number of nitrogens with zero attached hydrogens (tertiary/aromatic N) is 1. The number of aryl methyl sites for hydroxylation is 1. The molecule has 1 unspecified atom stereocenters. The van der Waals surface area contributed by atoms with E-state index < -0.39 is 12.1 Å². The van der Waals surface area contributed by atoms with Crippen LogP contribution in [0.1, 0.15) is 17.0 Å². The number of aliphatic carboxylic acids is 1. The van der Waals surface area contributed by atoms with Gasteiger partial charge >= 0.3 is 5.97 Å². The normalized spacial score (nSPS) is 12.2. The maximum absolute atomic E-state index is 11.5. The highest BCUT2D eigenvalue weighted by Gasteiger charge is 2.17. The molecular weight excluding hydrogens is 346 g/mol. The second-order valence-corrected chi connectivity index (χ2v) is 6.83. The fourth-order valence-electron chi connectivity index (χ4n) is 2.46. The Morgan fingerprint density at radius 3 is 2.54 bits per heavy atom. The van der Waals surface area contributed by atoms with Crippen molar-refractivity contribution in [1.82, 2.24) is 4.98 Å². The molecule has 1 heterocycles. The van der Waals surface area contributed by atoms with Gasteiger partial charge in [-0.25, -0.2) is 9.78 Å². The Labute approximate surface area is 156 Å². The van der Waals surface area contributed by atoms with Gasteiger partial charge in [0.05, 0.1) is 10.7 Å². The molecule has 3 rings (SSSR count). The average Bonchev–Trinajstić information content (AvgIpc) is 3.08. The van der Waals surface area contributed by atoms with Crippen molar-refractivity contribution in [2.75, 3.05) is 0 Å². The fraction of sp³-hybridized carbons (Fsp3) is 0.143. The molecule has 1 atom stereocenters. The van der Waals surface area contributed by atoms with Crippen LogP contribution in [0, 0.1) is 6.92 Å². The largest absolute Gasteiger partial charge is 0.478 e. The SMILES string of the molecule is Cc1nc(-c2ccc(OC(C/C=C/c3ccccc3)C(=O)O)cc2)cs1. The predicted octanol–water partition coefficient (Wildman–Crippen LogP) is 5.05. The molecule has 5 heteroatoms. The molecule has 0 aliphatic rings. The van der Waals surface area contributed by atoms with Gasteiger partial charge < -0.3 is 9.84 Å². The van der Waals surface area contributed by atoms with Crippen molar-refractivity contribution in [3.63, 3.8) is 0 Å². The van der Waals surface area contributed by atoms with E-state index in [-0.39, 0.29) is 6.42 Å². The molecule has 0 saturated heterocycles. The van der Waals surface area contributed by atoms with Gasteiger partial charge in [-0.05, 0) is 36.8 Å². The number of carboxylic acid groups (broad SMARTS) is 1. The smallest absolute Gasteiger partial charge is 0.345 e. The summed E-state index contributed by atoms with van der Waals surface area (Å²) < 4.78 is 5.64. The lowest BCUT2D eigenvalue weighted by Crippen LogP contribution is -2.26. The Hall–Kier alpha value is -2.92. The van der Waals surface area contributed by atoms with E-state index in [4.69, 9.17) is 4.74 Å². The molecule has 0 saturated carbocycles. The molecule has 0 bridgehead atoms. The zero-order chi connectivity index (χ0) is 18.4. The van der Waals surface area contributed by atoms with Crippen molar-refractivity contribution in [3.05, 3.63) is 76.6 Å². The van der Waals surface area contributed by atoms with Crippen LogP contribution in [0.4, 0.5) is 0 Å². The maximum atomic E-state index is 11.5. The van der Waals surface area contributed by atoms with E-state index in [9.17, 15) is 9.90 Å². The van der Waals surface area contributed by atoms with Crippen LogP contribution >= 0.6 is 11.3 Å². The minimum atomic E-state index is -0.984. The van der Waals surface area contributed by atoms with Crippen LogP contribution in [0.5, 0.6) is 5.75 Å². The summed E-state index contributed by atoms with van der Waals surface area (Å²) >= 11 is 1.60. The van der Waals surface area contributed by atoms with Crippen LogP contribution in [0.2, 0.25) is 0 Å². The zero-order valence-electron chi connectivity index (χ0n) is 14.3. The molecule has 1 aromatic heterocycles. The first-order valence-corrected chi connectivity index (χ1v) is 9.13. The van der Waals surface area contributed by atoms with Gasteiger partial charge in [-0.2, -0.15) is 0 Å². The van der Waals surface area contributed by atoms with Crippen molar-refractivity contribution < 1.29 is 14.6 Å². The summed E-state index contributed by atoms with van der Waals surface area (Å²) in [7, 11) is 0. The molecule has 0 radical (unpaired) electrons. The lowest BCUT2D eigenvalue weighted by Gasteiger charge is -2.13. The second-order valence-electron chi connectivity index (χ2n) is 5.77. The molecular formula is C21H19NO3S. The first-order chi connectivity index (χ1) is 12.6. The van der Waals surface area contributed by atoms with E-state index in [2.05, 4.69) is 4.98 Å². The highest BCUT2D eigenvalue weighted by Crippen LogP contribution is 2.24. The fourth-order valence-corrected chi connectivity index (χ4v) is 3.08. The molecule has 0 fully saturated rings. The molecule has 132 valence electrons. The number of ether oxygens (including phenoxy) is 1. The predicted molar refractivity (Wildman–Crippen MR) is 104 cm³/mol. The number of aromatic nitrogens is 1. The quantitative estimate of drug-likeness (QED) is 0.636. The number of benzene rings is 2. The van der Waals surface area contributed by atoms with E-state index in [1.165, 1.54) is 0 Å². The molecule has 0 spiro atoms. The second kappa shape index (κ2) is 8.45. The van der Waals surface area contributed by atoms with E-state index in [0.29, 0.717) is 5.75 Å². The number of hydrogen-bond donors (Lipinski definition) is 1. The summed E-state index contributed by atoms with van der Waals surface area (Å²) in [6.45, 7) is 1.96. The summed E-state index contributed by atoms with van der Waals surface area (Å²) in [5.74, 6) is -0.455. The van der Waals surface area contributed by atoms with Crippen molar-refractivity contribution in [2.24, 2.45) is 0 Å².